The lowest BCUT2D eigenvalue weighted by Gasteiger charge is -2.27. The fourth-order valence-corrected chi connectivity index (χ4v) is 2.88. The third-order valence-corrected chi connectivity index (χ3v) is 4.57. The number of primary amides is 1. The smallest absolute Gasteiger partial charge is 0.383 e. The molecule has 0 aliphatic heterocycles. The molecular formula is C19H25F3N4O2. The van der Waals surface area contributed by atoms with Crippen LogP contribution in [0.3, 0.4) is 0 Å². The van der Waals surface area contributed by atoms with Crippen molar-refractivity contribution in [1.29, 1.82) is 0 Å². The van der Waals surface area contributed by atoms with Crippen LogP contribution in [0.5, 0.6) is 0 Å². The van der Waals surface area contributed by atoms with Crippen molar-refractivity contribution in [2.45, 2.75) is 51.9 Å². The monoisotopic (exact) mass is 398 g/mol. The van der Waals surface area contributed by atoms with E-state index in [1.54, 1.807) is 13.8 Å². The van der Waals surface area contributed by atoms with E-state index in [2.05, 4.69) is 5.10 Å². The summed E-state index contributed by atoms with van der Waals surface area (Å²) < 4.78 is 45.4. The Hall–Kier alpha value is -2.55. The Balaban J connectivity index is 2.40. The molecule has 0 radical (unpaired) electrons. The van der Waals surface area contributed by atoms with Crippen LogP contribution >= 0.6 is 0 Å². The first-order valence-corrected chi connectivity index (χ1v) is 8.93. The fraction of sp³-hybridized carbons (Fsp3) is 0.474. The lowest BCUT2D eigenvalue weighted by molar-refractivity contribution is -0.137. The van der Waals surface area contributed by atoms with Crippen molar-refractivity contribution in [3.63, 3.8) is 0 Å². The third-order valence-electron chi connectivity index (χ3n) is 4.57. The van der Waals surface area contributed by atoms with Gasteiger partial charge in [0.25, 0.3) is 5.91 Å². The van der Waals surface area contributed by atoms with E-state index in [0.29, 0.717) is 17.9 Å². The second kappa shape index (κ2) is 8.22. The summed E-state index contributed by atoms with van der Waals surface area (Å²) >= 11 is 0. The summed E-state index contributed by atoms with van der Waals surface area (Å²) in [7, 11) is 0. The highest BCUT2D eigenvalue weighted by molar-refractivity contribution is 5.98. The van der Waals surface area contributed by atoms with Gasteiger partial charge in [0, 0.05) is 6.61 Å². The number of nitrogens with two attached hydrogens (primary N) is 2. The predicted molar refractivity (Wildman–Crippen MR) is 99.6 cm³/mol. The molecule has 1 aromatic carbocycles. The average Bonchev–Trinajstić information content (AvgIpc) is 2.95. The molecule has 0 atom stereocenters. The first-order chi connectivity index (χ1) is 13.0. The van der Waals surface area contributed by atoms with Crippen molar-refractivity contribution < 1.29 is 22.7 Å². The lowest BCUT2D eigenvalue weighted by atomic mass is 9.93. The number of hydrogen-bond acceptors (Lipinski definition) is 4. The van der Waals surface area contributed by atoms with E-state index in [0.717, 1.165) is 25.0 Å². The molecule has 1 heterocycles. The van der Waals surface area contributed by atoms with Gasteiger partial charge in [0.1, 0.15) is 17.1 Å². The molecule has 2 rings (SSSR count). The molecule has 6 nitrogen and oxygen atoms in total. The van der Waals surface area contributed by atoms with Crippen molar-refractivity contribution in [3.05, 3.63) is 46.6 Å². The Morgan fingerprint density at radius 3 is 2.25 bits per heavy atom. The molecule has 1 amide bonds. The standard InChI is InChI=1S/C19H25F3N4O2/c1-4-5-10-28-11-14-15(17(24)27)16(23)26(25-14)18(2,3)12-6-8-13(9-7-12)19(20,21)22/h6-9H,4-5,10-11,23H2,1-3H3,(H2,24,27). The minimum absolute atomic E-state index is 0.0477. The van der Waals surface area contributed by atoms with Gasteiger partial charge in [-0.05, 0) is 38.0 Å². The zero-order valence-corrected chi connectivity index (χ0v) is 16.1. The van der Waals surface area contributed by atoms with Crippen molar-refractivity contribution in [1.82, 2.24) is 9.78 Å². The maximum atomic E-state index is 12.8. The van der Waals surface area contributed by atoms with Gasteiger partial charge in [-0.25, -0.2) is 4.68 Å². The van der Waals surface area contributed by atoms with Crippen LogP contribution < -0.4 is 11.5 Å². The highest BCUT2D eigenvalue weighted by Gasteiger charge is 2.33. The Kier molecular flexibility index (Phi) is 6.38. The quantitative estimate of drug-likeness (QED) is 0.663. The van der Waals surface area contributed by atoms with E-state index in [1.807, 2.05) is 6.92 Å². The highest BCUT2D eigenvalue weighted by Crippen LogP contribution is 2.34. The number of ether oxygens (including phenoxy) is 1. The second-order valence-electron chi connectivity index (χ2n) is 7.02. The molecule has 0 bridgehead atoms. The van der Waals surface area contributed by atoms with E-state index in [9.17, 15) is 18.0 Å². The van der Waals surface area contributed by atoms with E-state index in [4.69, 9.17) is 16.2 Å². The summed E-state index contributed by atoms with van der Waals surface area (Å²) in [6, 6.07) is 4.73. The highest BCUT2D eigenvalue weighted by atomic mass is 19.4. The number of benzene rings is 1. The number of nitrogen functional groups attached to an aromatic ring is 1. The first kappa shape index (κ1) is 21.7. The number of rotatable bonds is 8. The Bertz CT molecular complexity index is 827. The van der Waals surface area contributed by atoms with Crippen LogP contribution in [0.25, 0.3) is 0 Å². The molecule has 0 aliphatic rings. The van der Waals surface area contributed by atoms with E-state index in [-0.39, 0.29) is 18.0 Å². The maximum Gasteiger partial charge on any atom is 0.416 e. The predicted octanol–water partition coefficient (Wildman–Crippen LogP) is 3.68. The largest absolute Gasteiger partial charge is 0.416 e. The van der Waals surface area contributed by atoms with Crippen LogP contribution in [0.15, 0.2) is 24.3 Å². The summed E-state index contributed by atoms with van der Waals surface area (Å²) in [5.41, 5.74) is 10.8. The van der Waals surface area contributed by atoms with Gasteiger partial charge in [-0.3, -0.25) is 4.79 Å². The Labute approximate surface area is 161 Å². The summed E-state index contributed by atoms with van der Waals surface area (Å²) in [6.07, 6.45) is -2.60. The number of unbranched alkanes of at least 4 members (excludes halogenated alkanes) is 1. The number of carbonyl (C=O) groups is 1. The lowest BCUT2D eigenvalue weighted by Crippen LogP contribution is -2.30. The van der Waals surface area contributed by atoms with E-state index < -0.39 is 23.2 Å². The van der Waals surface area contributed by atoms with Crippen molar-refractivity contribution >= 4 is 11.7 Å². The van der Waals surface area contributed by atoms with Gasteiger partial charge < -0.3 is 16.2 Å². The maximum absolute atomic E-state index is 12.8. The zero-order valence-electron chi connectivity index (χ0n) is 16.1. The third kappa shape index (κ3) is 4.46. The number of aromatic nitrogens is 2. The summed E-state index contributed by atoms with van der Waals surface area (Å²) in [4.78, 5) is 11.9. The second-order valence-corrected chi connectivity index (χ2v) is 7.02. The molecule has 0 aliphatic carbocycles. The average molecular weight is 398 g/mol. The number of hydrogen-bond donors (Lipinski definition) is 2. The van der Waals surface area contributed by atoms with Gasteiger partial charge in [-0.2, -0.15) is 18.3 Å². The van der Waals surface area contributed by atoms with Crippen LogP contribution in [0.1, 0.15) is 60.8 Å². The van der Waals surface area contributed by atoms with E-state index >= 15 is 0 Å². The van der Waals surface area contributed by atoms with Gasteiger partial charge >= 0.3 is 6.18 Å². The van der Waals surface area contributed by atoms with Crippen molar-refractivity contribution in [3.8, 4) is 0 Å². The van der Waals surface area contributed by atoms with Gasteiger partial charge in [0.2, 0.25) is 0 Å². The molecule has 28 heavy (non-hydrogen) atoms. The van der Waals surface area contributed by atoms with E-state index in [1.165, 1.54) is 16.8 Å². The number of amides is 1. The van der Waals surface area contributed by atoms with Gasteiger partial charge in [-0.15, -0.1) is 0 Å². The molecule has 0 saturated carbocycles. The topological polar surface area (TPSA) is 96.2 Å². The molecule has 154 valence electrons. The van der Waals surface area contributed by atoms with Crippen molar-refractivity contribution in [2.75, 3.05) is 12.3 Å². The molecular weight excluding hydrogens is 373 g/mol. The summed E-state index contributed by atoms with van der Waals surface area (Å²) in [6.45, 7) is 6.08. The van der Waals surface area contributed by atoms with Crippen LogP contribution in [-0.4, -0.2) is 22.3 Å². The molecule has 0 spiro atoms. The number of carbonyl (C=O) groups excluding carboxylic acids is 1. The van der Waals surface area contributed by atoms with Crippen molar-refractivity contribution in [2.24, 2.45) is 5.73 Å². The Morgan fingerprint density at radius 2 is 1.75 bits per heavy atom. The van der Waals surface area contributed by atoms with Crippen LogP contribution in [-0.2, 0) is 23.1 Å². The van der Waals surface area contributed by atoms with Crippen LogP contribution in [0.4, 0.5) is 19.0 Å². The molecule has 0 fully saturated rings. The van der Waals surface area contributed by atoms with Gasteiger partial charge in [0.15, 0.2) is 0 Å². The normalized spacial score (nSPS) is 12.4. The number of anilines is 1. The number of alkyl halides is 3. The van der Waals surface area contributed by atoms with Crippen LogP contribution in [0.2, 0.25) is 0 Å². The number of nitrogens with zero attached hydrogens (tertiary/aromatic N) is 2. The molecule has 2 aromatic rings. The Morgan fingerprint density at radius 1 is 1.18 bits per heavy atom. The molecule has 0 saturated heterocycles. The number of halogens is 3. The minimum Gasteiger partial charge on any atom is -0.383 e. The van der Waals surface area contributed by atoms with Crippen LogP contribution in [0, 0.1) is 0 Å². The molecule has 9 heteroatoms. The first-order valence-electron chi connectivity index (χ1n) is 8.93. The zero-order chi connectivity index (χ0) is 21.1. The van der Waals surface area contributed by atoms with Gasteiger partial charge in [0.05, 0.1) is 17.7 Å². The molecule has 1 aromatic heterocycles. The SMILES string of the molecule is CCCCOCc1nn(C(C)(C)c2ccc(C(F)(F)F)cc2)c(N)c1C(N)=O. The fourth-order valence-electron chi connectivity index (χ4n) is 2.88. The molecule has 0 unspecified atom stereocenters. The summed E-state index contributed by atoms with van der Waals surface area (Å²) in [5, 5.41) is 4.39. The van der Waals surface area contributed by atoms with Gasteiger partial charge in [-0.1, -0.05) is 25.5 Å². The summed E-state index contributed by atoms with van der Waals surface area (Å²) in [5.74, 6) is -0.687. The molecule has 4 N–H and O–H groups in total. The minimum atomic E-state index is -4.42.